The fourth-order valence-corrected chi connectivity index (χ4v) is 1.28. The minimum absolute atomic E-state index is 0.0969. The van der Waals surface area contributed by atoms with Crippen LogP contribution in [0.3, 0.4) is 0 Å². The molecule has 4 nitrogen and oxygen atoms in total. The molecule has 0 fully saturated rings. The van der Waals surface area contributed by atoms with Crippen molar-refractivity contribution in [3.05, 3.63) is 30.7 Å². The molecule has 15 heavy (non-hydrogen) atoms. The monoisotopic (exact) mass is 225 g/mol. The summed E-state index contributed by atoms with van der Waals surface area (Å²) in [6, 6.07) is 5.21. The minimum atomic E-state index is -0.289. The Morgan fingerprint density at radius 1 is 1.33 bits per heavy atom. The zero-order chi connectivity index (χ0) is 10.7. The van der Waals surface area contributed by atoms with Crippen LogP contribution in [-0.4, -0.2) is 11.8 Å². The molecule has 2 rings (SSSR count). The first-order valence-corrected chi connectivity index (χ1v) is 4.82. The van der Waals surface area contributed by atoms with E-state index in [0.717, 1.165) is 0 Å². The third-order valence-corrected chi connectivity index (χ3v) is 2.05. The third-order valence-electron chi connectivity index (χ3n) is 1.81. The molecule has 0 aliphatic carbocycles. The van der Waals surface area contributed by atoms with E-state index in [2.05, 4.69) is 5.32 Å². The van der Waals surface area contributed by atoms with Gasteiger partial charge in [-0.3, -0.25) is 4.79 Å². The number of fused-ring (bicyclic) bond motifs is 1. The molecule has 0 saturated carbocycles. The lowest BCUT2D eigenvalue weighted by atomic mass is 10.2. The van der Waals surface area contributed by atoms with Crippen molar-refractivity contribution < 1.29 is 14.3 Å². The number of halogens is 1. The maximum atomic E-state index is 11.1. The Balaban J connectivity index is 2.29. The Hall–Kier alpha value is -1.68. The van der Waals surface area contributed by atoms with Crippen molar-refractivity contribution in [2.75, 3.05) is 11.2 Å². The van der Waals surface area contributed by atoms with Crippen LogP contribution >= 0.6 is 11.6 Å². The number of amides is 1. The van der Waals surface area contributed by atoms with Gasteiger partial charge in [0.1, 0.15) is 18.4 Å². The predicted molar refractivity (Wildman–Crippen MR) is 56.2 cm³/mol. The lowest BCUT2D eigenvalue weighted by Gasteiger charge is -2.15. The van der Waals surface area contributed by atoms with Gasteiger partial charge in [0.05, 0.1) is 5.69 Å². The first kappa shape index (κ1) is 9.86. The van der Waals surface area contributed by atoms with E-state index in [1.165, 1.54) is 12.5 Å². The summed E-state index contributed by atoms with van der Waals surface area (Å²) in [7, 11) is 0. The zero-order valence-corrected chi connectivity index (χ0v) is 8.45. The lowest BCUT2D eigenvalue weighted by Crippen LogP contribution is -2.13. The average Bonchev–Trinajstić information content (AvgIpc) is 2.29. The second-order valence-electron chi connectivity index (χ2n) is 2.82. The number of para-hydroxylation sites is 1. The zero-order valence-electron chi connectivity index (χ0n) is 7.70. The molecule has 1 aliphatic heterocycles. The van der Waals surface area contributed by atoms with Crippen molar-refractivity contribution in [1.82, 2.24) is 0 Å². The molecule has 0 bridgehead atoms. The molecule has 0 radical (unpaired) electrons. The van der Waals surface area contributed by atoms with E-state index < -0.39 is 0 Å². The summed E-state index contributed by atoms with van der Waals surface area (Å²) in [5.74, 6) is 0.659. The van der Waals surface area contributed by atoms with Crippen LogP contribution in [0.5, 0.6) is 11.5 Å². The number of carbonyl (C=O) groups is 1. The first-order chi connectivity index (χ1) is 7.31. The second kappa shape index (κ2) is 4.23. The van der Waals surface area contributed by atoms with Gasteiger partial charge in [0.25, 0.3) is 0 Å². The van der Waals surface area contributed by atoms with E-state index in [4.69, 9.17) is 21.1 Å². The van der Waals surface area contributed by atoms with Crippen LogP contribution in [-0.2, 0) is 4.79 Å². The van der Waals surface area contributed by atoms with Crippen molar-refractivity contribution >= 4 is 23.2 Å². The fourth-order valence-electron chi connectivity index (χ4n) is 1.21. The molecule has 5 heteroatoms. The molecule has 1 aliphatic rings. The molecule has 1 heterocycles. The van der Waals surface area contributed by atoms with Crippen LogP contribution < -0.4 is 14.8 Å². The van der Waals surface area contributed by atoms with Crippen molar-refractivity contribution in [2.24, 2.45) is 0 Å². The highest BCUT2D eigenvalue weighted by Gasteiger charge is 2.14. The minimum Gasteiger partial charge on any atom is -0.458 e. The van der Waals surface area contributed by atoms with E-state index >= 15 is 0 Å². The molecule has 1 aromatic rings. The van der Waals surface area contributed by atoms with Crippen molar-refractivity contribution in [1.29, 1.82) is 0 Å². The van der Waals surface area contributed by atoms with E-state index in [-0.39, 0.29) is 11.8 Å². The molecular weight excluding hydrogens is 218 g/mol. The molecule has 78 valence electrons. The molecule has 1 amide bonds. The molecule has 0 aromatic heterocycles. The Morgan fingerprint density at radius 2 is 2.13 bits per heavy atom. The molecule has 0 spiro atoms. The van der Waals surface area contributed by atoms with Gasteiger partial charge in [-0.25, -0.2) is 0 Å². The Kier molecular flexibility index (Phi) is 2.78. The summed E-state index contributed by atoms with van der Waals surface area (Å²) in [6.07, 6.45) is 2.83. The van der Waals surface area contributed by atoms with Crippen LogP contribution in [0.25, 0.3) is 0 Å². The van der Waals surface area contributed by atoms with Gasteiger partial charge in [0.2, 0.25) is 5.91 Å². The smallest absolute Gasteiger partial charge is 0.239 e. The maximum Gasteiger partial charge on any atom is 0.239 e. The highest BCUT2D eigenvalue weighted by Crippen LogP contribution is 2.37. The largest absolute Gasteiger partial charge is 0.458 e. The van der Waals surface area contributed by atoms with Crippen molar-refractivity contribution in [3.8, 4) is 11.5 Å². The molecule has 0 atom stereocenters. The van der Waals surface area contributed by atoms with Gasteiger partial charge in [-0.1, -0.05) is 6.07 Å². The van der Waals surface area contributed by atoms with Gasteiger partial charge in [0, 0.05) is 0 Å². The van der Waals surface area contributed by atoms with E-state index in [1.54, 1.807) is 18.2 Å². The van der Waals surface area contributed by atoms with Gasteiger partial charge >= 0.3 is 0 Å². The van der Waals surface area contributed by atoms with Gasteiger partial charge in [-0.05, 0) is 12.1 Å². The van der Waals surface area contributed by atoms with Gasteiger partial charge in [0.15, 0.2) is 11.5 Å². The lowest BCUT2D eigenvalue weighted by molar-refractivity contribution is -0.113. The molecule has 1 aromatic carbocycles. The number of nitrogens with one attached hydrogen (secondary N) is 1. The average molecular weight is 226 g/mol. The third kappa shape index (κ3) is 2.05. The quantitative estimate of drug-likeness (QED) is 0.785. The highest BCUT2D eigenvalue weighted by molar-refractivity contribution is 6.29. The number of hydrogen-bond acceptors (Lipinski definition) is 3. The number of rotatable bonds is 2. The molecule has 1 N–H and O–H groups in total. The molecular formula is C10H8ClNO3. The SMILES string of the molecule is O=C(CCl)Nc1cccc2c1OC=CO2. The van der Waals surface area contributed by atoms with Gasteiger partial charge in [-0.15, -0.1) is 11.6 Å². The Morgan fingerprint density at radius 3 is 2.93 bits per heavy atom. The maximum absolute atomic E-state index is 11.1. The van der Waals surface area contributed by atoms with Crippen LogP contribution in [0.4, 0.5) is 5.69 Å². The van der Waals surface area contributed by atoms with E-state index in [9.17, 15) is 4.79 Å². The summed E-state index contributed by atoms with van der Waals surface area (Å²) in [5.41, 5.74) is 0.544. The topological polar surface area (TPSA) is 47.6 Å². The predicted octanol–water partition coefficient (Wildman–Crippen LogP) is 2.11. The highest BCUT2D eigenvalue weighted by atomic mass is 35.5. The Labute approximate surface area is 91.4 Å². The molecule has 0 saturated heterocycles. The number of ether oxygens (including phenoxy) is 2. The van der Waals surface area contributed by atoms with Crippen molar-refractivity contribution in [2.45, 2.75) is 0 Å². The standard InChI is InChI=1S/C10H8ClNO3/c11-6-9(13)12-7-2-1-3-8-10(7)15-5-4-14-8/h1-5H,6H2,(H,12,13). The summed E-state index contributed by atoms with van der Waals surface area (Å²) in [4.78, 5) is 11.1. The summed E-state index contributed by atoms with van der Waals surface area (Å²) >= 11 is 5.39. The van der Waals surface area contributed by atoms with Crippen LogP contribution in [0.15, 0.2) is 30.7 Å². The summed E-state index contributed by atoms with van der Waals surface area (Å²) in [6.45, 7) is 0. The normalized spacial score (nSPS) is 12.3. The van der Waals surface area contributed by atoms with Crippen LogP contribution in [0, 0.1) is 0 Å². The van der Waals surface area contributed by atoms with Crippen molar-refractivity contribution in [3.63, 3.8) is 0 Å². The van der Waals surface area contributed by atoms with Crippen LogP contribution in [0.2, 0.25) is 0 Å². The number of benzene rings is 1. The first-order valence-electron chi connectivity index (χ1n) is 4.28. The molecule has 0 unspecified atom stereocenters. The summed E-state index contributed by atoms with van der Waals surface area (Å²) < 4.78 is 10.4. The van der Waals surface area contributed by atoms with E-state index in [1.807, 2.05) is 0 Å². The number of anilines is 1. The van der Waals surface area contributed by atoms with Crippen LogP contribution in [0.1, 0.15) is 0 Å². The number of alkyl halides is 1. The van der Waals surface area contributed by atoms with Gasteiger partial charge < -0.3 is 14.8 Å². The summed E-state index contributed by atoms with van der Waals surface area (Å²) in [5, 5.41) is 2.61. The number of hydrogen-bond donors (Lipinski definition) is 1. The second-order valence-corrected chi connectivity index (χ2v) is 3.09. The fraction of sp³-hybridized carbons (Fsp3) is 0.100. The van der Waals surface area contributed by atoms with Gasteiger partial charge in [-0.2, -0.15) is 0 Å². The number of carbonyl (C=O) groups excluding carboxylic acids is 1. The Bertz CT molecular complexity index is 417. The van der Waals surface area contributed by atoms with E-state index in [0.29, 0.717) is 17.2 Å².